The monoisotopic (exact) mass is 180 g/mol. The molecule has 0 amide bonds. The Morgan fingerprint density at radius 3 is 0.909 bits per heavy atom. The highest BCUT2D eigenvalue weighted by atomic mass is 32.3. The second kappa shape index (κ2) is 3.62. The van der Waals surface area contributed by atoms with Crippen molar-refractivity contribution in [1.29, 1.82) is 0 Å². The quantitative estimate of drug-likeness (QED) is 0.558. The van der Waals surface area contributed by atoms with E-state index in [2.05, 4.69) is 0 Å². The highest BCUT2D eigenvalue weighted by molar-refractivity contribution is 7.96. The van der Waals surface area contributed by atoms with Crippen LogP contribution in [0.2, 0.25) is 0 Å². The molecule has 0 N–H and O–H groups in total. The van der Waals surface area contributed by atoms with Gasteiger partial charge in [-0.25, -0.2) is 0 Å². The zero-order valence-corrected chi connectivity index (χ0v) is 8.97. The van der Waals surface area contributed by atoms with Crippen molar-refractivity contribution in [3.63, 3.8) is 0 Å². The molecule has 0 aromatic heterocycles. The third-order valence-electron chi connectivity index (χ3n) is 1.43. The minimum absolute atomic E-state index is 1.72. The summed E-state index contributed by atoms with van der Waals surface area (Å²) in [6.07, 6.45) is 0. The molecular weight excluding hydrogens is 162 g/mol. The summed E-state index contributed by atoms with van der Waals surface area (Å²) in [6.45, 7) is 0. The van der Waals surface area contributed by atoms with Gasteiger partial charge in [0.05, 0.1) is 0 Å². The molecule has 0 bridgehead atoms. The molecule has 0 saturated heterocycles. The lowest BCUT2D eigenvalue weighted by Gasteiger charge is -2.25. The first kappa shape index (κ1) is 11.0. The van der Waals surface area contributed by atoms with E-state index >= 15 is 0 Å². The molecule has 0 aromatic carbocycles. The van der Waals surface area contributed by atoms with Crippen LogP contribution in [0.25, 0.3) is 0 Å². The first-order chi connectivity index (χ1) is 4.83. The number of nitrogens with zero attached hydrogens (tertiary/aromatic N) is 3. The summed E-state index contributed by atoms with van der Waals surface area (Å²) in [5, 5.41) is 0. The van der Waals surface area contributed by atoms with Crippen molar-refractivity contribution < 1.29 is 4.21 Å². The number of rotatable bonds is 3. The lowest BCUT2D eigenvalue weighted by molar-refractivity contribution is 0.407. The van der Waals surface area contributed by atoms with Crippen LogP contribution in [0.3, 0.4) is 0 Å². The van der Waals surface area contributed by atoms with Crippen molar-refractivity contribution in [2.75, 3.05) is 42.3 Å². The molecule has 0 rings (SSSR count). The normalized spacial score (nSPS) is 13.5. The number of hydrogen-bond donors (Lipinski definition) is 0. The van der Waals surface area contributed by atoms with E-state index in [-0.39, 0.29) is 0 Å². The Bertz CT molecular complexity index is 139. The summed E-state index contributed by atoms with van der Waals surface area (Å²) in [6, 6.07) is 0. The van der Waals surface area contributed by atoms with Crippen molar-refractivity contribution >= 4 is 10.5 Å². The van der Waals surface area contributed by atoms with E-state index in [1.54, 1.807) is 12.9 Å². The van der Waals surface area contributed by atoms with Gasteiger partial charge in [-0.1, -0.05) is 12.9 Å². The molecule has 11 heavy (non-hydrogen) atoms. The van der Waals surface area contributed by atoms with Crippen molar-refractivity contribution in [3.05, 3.63) is 0 Å². The van der Waals surface area contributed by atoms with Gasteiger partial charge in [-0.2, -0.15) is 0 Å². The zero-order chi connectivity index (χ0) is 9.23. The molecule has 4 nitrogen and oxygen atoms in total. The molecule has 0 radical (unpaired) electrons. The summed E-state index contributed by atoms with van der Waals surface area (Å²) in [4.78, 5) is 0. The summed E-state index contributed by atoms with van der Waals surface area (Å²) >= 11 is 0. The van der Waals surface area contributed by atoms with E-state index in [9.17, 15) is 4.21 Å². The van der Waals surface area contributed by atoms with Gasteiger partial charge in [0.1, 0.15) is 0 Å². The Kier molecular flexibility index (Phi) is 3.63. The van der Waals surface area contributed by atoms with E-state index in [0.717, 1.165) is 0 Å². The van der Waals surface area contributed by atoms with Gasteiger partial charge in [-0.3, -0.25) is 0 Å². The van der Waals surface area contributed by atoms with Crippen LogP contribution in [0.4, 0.5) is 0 Å². The molecular formula is C6H18N3OS+. The van der Waals surface area contributed by atoms with Crippen LogP contribution in [-0.2, 0) is 14.7 Å². The van der Waals surface area contributed by atoms with Crippen LogP contribution >= 0.6 is 0 Å². The smallest absolute Gasteiger partial charge is 0.0960 e. The lowest BCUT2D eigenvalue weighted by atomic mass is 11.2. The van der Waals surface area contributed by atoms with Crippen LogP contribution in [0.15, 0.2) is 0 Å². The van der Waals surface area contributed by atoms with Gasteiger partial charge >= 0.3 is 10.5 Å². The zero-order valence-electron chi connectivity index (χ0n) is 8.16. The molecule has 0 aliphatic rings. The molecule has 0 aliphatic carbocycles. The molecule has 0 atom stereocenters. The standard InChI is InChI=1S/C6H18N3OS/c1-7(2)11(10,8(3)4)9(5)6/h1-6H3/q+1. The van der Waals surface area contributed by atoms with Crippen LogP contribution in [0.5, 0.6) is 0 Å². The second-order valence-corrected chi connectivity index (χ2v) is 6.03. The SMILES string of the molecule is CN(C)[S+](=O)(N(C)C)N(C)C. The fourth-order valence-corrected chi connectivity index (χ4v) is 2.94. The van der Waals surface area contributed by atoms with Crippen LogP contribution in [0.1, 0.15) is 0 Å². The molecule has 0 fully saturated rings. The maximum Gasteiger partial charge on any atom is 0.312 e. The minimum Gasteiger partial charge on any atom is -0.0960 e. The fourth-order valence-electron chi connectivity index (χ4n) is 0.980. The van der Waals surface area contributed by atoms with Gasteiger partial charge < -0.3 is 0 Å². The average molecular weight is 180 g/mol. The summed E-state index contributed by atoms with van der Waals surface area (Å²) < 4.78 is 17.2. The van der Waals surface area contributed by atoms with Crippen molar-refractivity contribution in [3.8, 4) is 0 Å². The average Bonchev–Trinajstić information content (AvgIpc) is 1.84. The first-order valence-electron chi connectivity index (χ1n) is 3.40. The predicted molar refractivity (Wildman–Crippen MR) is 49.1 cm³/mol. The van der Waals surface area contributed by atoms with Crippen LogP contribution in [0, 0.1) is 0 Å². The molecule has 0 unspecified atom stereocenters. The largest absolute Gasteiger partial charge is 0.312 e. The third kappa shape index (κ3) is 1.99. The van der Waals surface area contributed by atoms with E-state index in [1.807, 2.05) is 42.3 Å². The highest BCUT2D eigenvalue weighted by Crippen LogP contribution is 2.13. The highest BCUT2D eigenvalue weighted by Gasteiger charge is 2.38. The van der Waals surface area contributed by atoms with Crippen molar-refractivity contribution in [2.45, 2.75) is 0 Å². The third-order valence-corrected chi connectivity index (χ3v) is 4.28. The van der Waals surface area contributed by atoms with Gasteiger partial charge in [0.25, 0.3) is 0 Å². The second-order valence-electron chi connectivity index (χ2n) is 2.91. The Balaban J connectivity index is 4.69. The molecule has 0 aromatic rings. The van der Waals surface area contributed by atoms with Crippen LogP contribution in [-0.4, -0.2) is 55.2 Å². The minimum atomic E-state index is -2.14. The van der Waals surface area contributed by atoms with Gasteiger partial charge in [-0.15, -0.1) is 0 Å². The Morgan fingerprint density at radius 1 is 0.727 bits per heavy atom. The maximum absolute atomic E-state index is 12.1. The van der Waals surface area contributed by atoms with E-state index < -0.39 is 10.5 Å². The molecule has 0 heterocycles. The molecule has 68 valence electrons. The Hall–Kier alpha value is 0.0300. The summed E-state index contributed by atoms with van der Waals surface area (Å²) in [5.41, 5.74) is 0. The van der Waals surface area contributed by atoms with Crippen molar-refractivity contribution in [2.24, 2.45) is 0 Å². The fraction of sp³-hybridized carbons (Fsp3) is 1.00. The Labute approximate surface area is 70.6 Å². The summed E-state index contributed by atoms with van der Waals surface area (Å²) in [5.74, 6) is 0. The molecule has 0 aliphatic heterocycles. The Morgan fingerprint density at radius 2 is 0.909 bits per heavy atom. The molecule has 5 heteroatoms. The van der Waals surface area contributed by atoms with Crippen molar-refractivity contribution in [1.82, 2.24) is 12.9 Å². The van der Waals surface area contributed by atoms with Gasteiger partial charge in [0, 0.05) is 42.3 Å². The van der Waals surface area contributed by atoms with E-state index in [0.29, 0.717) is 0 Å². The van der Waals surface area contributed by atoms with E-state index in [1.165, 1.54) is 0 Å². The summed E-state index contributed by atoms with van der Waals surface area (Å²) in [7, 11) is 8.71. The van der Waals surface area contributed by atoms with Gasteiger partial charge in [0.15, 0.2) is 0 Å². The molecule has 0 spiro atoms. The predicted octanol–water partition coefficient (Wildman–Crippen LogP) is -0.0843. The maximum atomic E-state index is 12.1. The number of hydrogen-bond acceptors (Lipinski definition) is 1. The topological polar surface area (TPSA) is 26.8 Å². The molecule has 0 saturated carbocycles. The first-order valence-corrected chi connectivity index (χ1v) is 4.83. The van der Waals surface area contributed by atoms with Gasteiger partial charge in [-0.05, 0) is 4.21 Å². The van der Waals surface area contributed by atoms with Gasteiger partial charge in [0.2, 0.25) is 0 Å². The van der Waals surface area contributed by atoms with E-state index in [4.69, 9.17) is 0 Å². The van der Waals surface area contributed by atoms with Crippen LogP contribution < -0.4 is 0 Å². The lowest BCUT2D eigenvalue weighted by Crippen LogP contribution is -2.50.